The highest BCUT2D eigenvalue weighted by atomic mass is 32.1. The Hall–Kier alpha value is -0.610. The largest absolute Gasteiger partial charge is 0.360 e. The van der Waals surface area contributed by atoms with Crippen molar-refractivity contribution < 1.29 is 0 Å². The van der Waals surface area contributed by atoms with Crippen LogP contribution in [0.25, 0.3) is 0 Å². The zero-order valence-corrected chi connectivity index (χ0v) is 11.9. The van der Waals surface area contributed by atoms with Crippen molar-refractivity contribution in [2.45, 2.75) is 51.6 Å². The minimum absolute atomic E-state index is 0.601. The summed E-state index contributed by atoms with van der Waals surface area (Å²) in [6.45, 7) is 3.06. The van der Waals surface area contributed by atoms with E-state index in [2.05, 4.69) is 29.0 Å². The molecule has 0 radical (unpaired) electrons. The quantitative estimate of drug-likeness (QED) is 0.820. The van der Waals surface area contributed by atoms with Crippen LogP contribution in [0.1, 0.15) is 43.0 Å². The van der Waals surface area contributed by atoms with Crippen LogP contribution in [0.3, 0.4) is 0 Å². The zero-order valence-electron chi connectivity index (χ0n) is 10.3. The van der Waals surface area contributed by atoms with Crippen molar-refractivity contribution in [1.82, 2.24) is 10.6 Å². The van der Waals surface area contributed by atoms with Crippen molar-refractivity contribution in [3.63, 3.8) is 0 Å². The average molecular weight is 268 g/mol. The van der Waals surface area contributed by atoms with E-state index in [4.69, 9.17) is 12.2 Å². The molecule has 4 heteroatoms. The first-order valence-corrected chi connectivity index (χ1v) is 7.68. The molecule has 0 bridgehead atoms. The number of hydrogen-bond acceptors (Lipinski definition) is 2. The van der Waals surface area contributed by atoms with Crippen LogP contribution in [0, 0.1) is 0 Å². The molecule has 0 spiro atoms. The van der Waals surface area contributed by atoms with Gasteiger partial charge in [-0.15, -0.1) is 11.3 Å². The molecular formula is C13H20N2S2. The fourth-order valence-electron chi connectivity index (χ4n) is 2.30. The first-order chi connectivity index (χ1) is 8.29. The molecule has 1 aliphatic rings. The number of aryl methyl sites for hydroxylation is 1. The third-order valence-corrected chi connectivity index (χ3v) is 4.54. The number of thiophene rings is 1. The number of rotatable bonds is 4. The Labute approximate surface area is 113 Å². The highest BCUT2D eigenvalue weighted by molar-refractivity contribution is 7.80. The Kier molecular flexibility index (Phi) is 4.80. The standard InChI is InChI=1S/C13H20N2S2/c1-2-10-7-8-17-12(10)9-14-13(16)15-11-5-3-4-6-11/h7-8,11H,2-6,9H2,1H3,(H2,14,15,16). The summed E-state index contributed by atoms with van der Waals surface area (Å²) in [6, 6.07) is 2.80. The van der Waals surface area contributed by atoms with Gasteiger partial charge in [-0.3, -0.25) is 0 Å². The molecule has 1 fully saturated rings. The van der Waals surface area contributed by atoms with Crippen molar-refractivity contribution in [2.75, 3.05) is 0 Å². The fraction of sp³-hybridized carbons (Fsp3) is 0.615. The van der Waals surface area contributed by atoms with E-state index in [1.165, 1.54) is 36.1 Å². The van der Waals surface area contributed by atoms with Crippen molar-refractivity contribution in [3.05, 3.63) is 21.9 Å². The van der Waals surface area contributed by atoms with Gasteiger partial charge in [0, 0.05) is 10.9 Å². The van der Waals surface area contributed by atoms with E-state index in [1.54, 1.807) is 0 Å². The molecule has 0 aromatic carbocycles. The van der Waals surface area contributed by atoms with E-state index >= 15 is 0 Å². The summed E-state index contributed by atoms with van der Waals surface area (Å²) in [5.41, 5.74) is 1.44. The van der Waals surface area contributed by atoms with Crippen LogP contribution < -0.4 is 10.6 Å². The number of thiocarbonyl (C=S) groups is 1. The molecule has 2 rings (SSSR count). The van der Waals surface area contributed by atoms with Gasteiger partial charge >= 0.3 is 0 Å². The van der Waals surface area contributed by atoms with Crippen LogP contribution >= 0.6 is 23.6 Å². The van der Waals surface area contributed by atoms with Crippen LogP contribution in [0.5, 0.6) is 0 Å². The van der Waals surface area contributed by atoms with Gasteiger partial charge in [0.05, 0.1) is 6.54 Å². The highest BCUT2D eigenvalue weighted by Crippen LogP contribution is 2.18. The summed E-state index contributed by atoms with van der Waals surface area (Å²) in [6.07, 6.45) is 6.31. The topological polar surface area (TPSA) is 24.1 Å². The molecule has 0 amide bonds. The lowest BCUT2D eigenvalue weighted by atomic mass is 10.2. The van der Waals surface area contributed by atoms with Gasteiger partial charge in [0.25, 0.3) is 0 Å². The van der Waals surface area contributed by atoms with Crippen LogP contribution in [0.2, 0.25) is 0 Å². The molecule has 1 aliphatic carbocycles. The highest BCUT2D eigenvalue weighted by Gasteiger charge is 2.15. The van der Waals surface area contributed by atoms with Crippen LogP contribution in [0.4, 0.5) is 0 Å². The van der Waals surface area contributed by atoms with E-state index in [1.807, 2.05) is 11.3 Å². The molecular weight excluding hydrogens is 248 g/mol. The summed E-state index contributed by atoms with van der Waals surface area (Å²) >= 11 is 7.13. The summed E-state index contributed by atoms with van der Waals surface area (Å²) in [7, 11) is 0. The van der Waals surface area contributed by atoms with Gasteiger partial charge in [-0.1, -0.05) is 19.8 Å². The first kappa shape index (κ1) is 12.8. The first-order valence-electron chi connectivity index (χ1n) is 6.39. The monoisotopic (exact) mass is 268 g/mol. The molecule has 0 aliphatic heterocycles. The lowest BCUT2D eigenvalue weighted by molar-refractivity contribution is 0.621. The maximum atomic E-state index is 5.33. The van der Waals surface area contributed by atoms with Crippen LogP contribution in [0.15, 0.2) is 11.4 Å². The summed E-state index contributed by atoms with van der Waals surface area (Å²) in [5, 5.41) is 9.69. The summed E-state index contributed by atoms with van der Waals surface area (Å²) < 4.78 is 0. The molecule has 1 saturated carbocycles. The van der Waals surface area contributed by atoms with Crippen molar-refractivity contribution in [3.8, 4) is 0 Å². The predicted molar refractivity (Wildman–Crippen MR) is 78.5 cm³/mol. The predicted octanol–water partition coefficient (Wildman–Crippen LogP) is 3.22. The van der Waals surface area contributed by atoms with Crippen LogP contribution in [-0.2, 0) is 13.0 Å². The molecule has 0 saturated heterocycles. The summed E-state index contributed by atoms with van der Waals surface area (Å²) in [5.74, 6) is 0. The molecule has 0 atom stereocenters. The Morgan fingerprint density at radius 1 is 1.47 bits per heavy atom. The van der Waals surface area contributed by atoms with Gasteiger partial charge in [0.15, 0.2) is 5.11 Å². The van der Waals surface area contributed by atoms with E-state index in [0.29, 0.717) is 6.04 Å². The second-order valence-electron chi connectivity index (χ2n) is 4.53. The fourth-order valence-corrected chi connectivity index (χ4v) is 3.46. The van der Waals surface area contributed by atoms with E-state index in [-0.39, 0.29) is 0 Å². The third-order valence-electron chi connectivity index (χ3n) is 3.32. The number of nitrogens with one attached hydrogen (secondary N) is 2. The Morgan fingerprint density at radius 3 is 2.94 bits per heavy atom. The van der Waals surface area contributed by atoms with Gasteiger partial charge in [0.2, 0.25) is 0 Å². The molecule has 17 heavy (non-hydrogen) atoms. The minimum Gasteiger partial charge on any atom is -0.360 e. The zero-order chi connectivity index (χ0) is 12.1. The van der Waals surface area contributed by atoms with Crippen molar-refractivity contribution >= 4 is 28.7 Å². The molecule has 0 unspecified atom stereocenters. The maximum Gasteiger partial charge on any atom is 0.166 e. The maximum absolute atomic E-state index is 5.33. The molecule has 1 aromatic heterocycles. The molecule has 1 heterocycles. The third kappa shape index (κ3) is 3.68. The average Bonchev–Trinajstić information content (AvgIpc) is 2.96. The Bertz CT molecular complexity index is 367. The van der Waals surface area contributed by atoms with Gasteiger partial charge in [-0.2, -0.15) is 0 Å². The minimum atomic E-state index is 0.601. The van der Waals surface area contributed by atoms with Gasteiger partial charge in [-0.25, -0.2) is 0 Å². The van der Waals surface area contributed by atoms with Gasteiger partial charge in [0.1, 0.15) is 0 Å². The van der Waals surface area contributed by atoms with Crippen LogP contribution in [-0.4, -0.2) is 11.2 Å². The summed E-state index contributed by atoms with van der Waals surface area (Å²) in [4.78, 5) is 1.41. The second kappa shape index (κ2) is 6.36. The molecule has 2 nitrogen and oxygen atoms in total. The molecule has 1 aromatic rings. The van der Waals surface area contributed by atoms with Crippen molar-refractivity contribution in [2.24, 2.45) is 0 Å². The molecule has 2 N–H and O–H groups in total. The lowest BCUT2D eigenvalue weighted by Gasteiger charge is -2.15. The number of hydrogen-bond donors (Lipinski definition) is 2. The van der Waals surface area contributed by atoms with Gasteiger partial charge < -0.3 is 10.6 Å². The Balaban J connectivity index is 1.75. The van der Waals surface area contributed by atoms with E-state index in [0.717, 1.165) is 18.1 Å². The second-order valence-corrected chi connectivity index (χ2v) is 5.94. The van der Waals surface area contributed by atoms with E-state index < -0.39 is 0 Å². The molecule has 94 valence electrons. The Morgan fingerprint density at radius 2 is 2.24 bits per heavy atom. The van der Waals surface area contributed by atoms with E-state index in [9.17, 15) is 0 Å². The lowest BCUT2D eigenvalue weighted by Crippen LogP contribution is -2.40. The van der Waals surface area contributed by atoms with Gasteiger partial charge in [-0.05, 0) is 48.5 Å². The normalized spacial score (nSPS) is 16.1. The smallest absolute Gasteiger partial charge is 0.166 e. The van der Waals surface area contributed by atoms with Crippen molar-refractivity contribution in [1.29, 1.82) is 0 Å². The SMILES string of the molecule is CCc1ccsc1CNC(=S)NC1CCCC1.